The maximum absolute atomic E-state index is 11.2. The zero-order chi connectivity index (χ0) is 10.7. The third-order valence-electron chi connectivity index (χ3n) is 2.57. The van der Waals surface area contributed by atoms with Crippen LogP contribution in [0.3, 0.4) is 0 Å². The van der Waals surface area contributed by atoms with Gasteiger partial charge in [0.1, 0.15) is 4.88 Å². The van der Waals surface area contributed by atoms with Crippen molar-refractivity contribution in [1.82, 2.24) is 10.3 Å². The smallest absolute Gasteiger partial charge is 0.349 e. The Balaban J connectivity index is 1.97. The molecule has 1 aliphatic heterocycles. The van der Waals surface area contributed by atoms with Crippen molar-refractivity contribution in [2.45, 2.75) is 12.8 Å². The van der Waals surface area contributed by atoms with Gasteiger partial charge in [-0.3, -0.25) is 0 Å². The van der Waals surface area contributed by atoms with Gasteiger partial charge >= 0.3 is 5.97 Å². The zero-order valence-corrected chi connectivity index (χ0v) is 9.47. The van der Waals surface area contributed by atoms with Crippen molar-refractivity contribution in [2.24, 2.45) is 5.92 Å². The number of hydrogen-bond acceptors (Lipinski definition) is 5. The summed E-state index contributed by atoms with van der Waals surface area (Å²) in [4.78, 5) is 16.0. The van der Waals surface area contributed by atoms with Crippen LogP contribution >= 0.6 is 11.3 Å². The normalized spacial score (nSPS) is 20.5. The quantitative estimate of drug-likeness (QED) is 0.784. The fourth-order valence-electron chi connectivity index (χ4n) is 1.74. The molecule has 2 rings (SSSR count). The first kappa shape index (κ1) is 10.6. The van der Waals surface area contributed by atoms with E-state index in [1.54, 1.807) is 6.20 Å². The van der Waals surface area contributed by atoms with Crippen LogP contribution in [0.1, 0.15) is 21.1 Å². The molecule has 2 heterocycles. The van der Waals surface area contributed by atoms with Crippen LogP contribution in [0.2, 0.25) is 0 Å². The monoisotopic (exact) mass is 226 g/mol. The Morgan fingerprint density at radius 2 is 2.67 bits per heavy atom. The molecule has 5 heteroatoms. The predicted octanol–water partition coefficient (Wildman–Crippen LogP) is 1.08. The van der Waals surface area contributed by atoms with Crippen LogP contribution in [0.25, 0.3) is 0 Å². The van der Waals surface area contributed by atoms with Gasteiger partial charge in [0, 0.05) is 6.42 Å². The summed E-state index contributed by atoms with van der Waals surface area (Å²) in [7, 11) is 1.39. The average Bonchev–Trinajstić information content (AvgIpc) is 2.88. The summed E-state index contributed by atoms with van der Waals surface area (Å²) in [6.07, 6.45) is 3.77. The molecule has 1 N–H and O–H groups in total. The lowest BCUT2D eigenvalue weighted by Gasteiger charge is -2.03. The molecule has 0 spiro atoms. The first-order chi connectivity index (χ1) is 7.29. The number of carbonyl (C=O) groups excluding carboxylic acids is 1. The number of rotatable bonds is 3. The molecule has 0 aromatic carbocycles. The molecule has 15 heavy (non-hydrogen) atoms. The lowest BCUT2D eigenvalue weighted by Crippen LogP contribution is -2.10. The third kappa shape index (κ3) is 2.54. The molecule has 1 aromatic rings. The lowest BCUT2D eigenvalue weighted by atomic mass is 10.1. The fraction of sp³-hybridized carbons (Fsp3) is 0.600. The van der Waals surface area contributed by atoms with Crippen molar-refractivity contribution in [3.8, 4) is 0 Å². The largest absolute Gasteiger partial charge is 0.465 e. The van der Waals surface area contributed by atoms with E-state index in [1.165, 1.54) is 24.9 Å². The van der Waals surface area contributed by atoms with Crippen LogP contribution in [0.5, 0.6) is 0 Å². The number of thiazole rings is 1. The fourth-order valence-corrected chi connectivity index (χ4v) is 2.69. The Hall–Kier alpha value is -0.940. The van der Waals surface area contributed by atoms with E-state index in [0.717, 1.165) is 24.5 Å². The number of carbonyl (C=O) groups is 1. The Bertz CT molecular complexity index is 345. The second-order valence-corrected chi connectivity index (χ2v) is 4.79. The van der Waals surface area contributed by atoms with Crippen LogP contribution in [0, 0.1) is 5.92 Å². The number of hydrogen-bond donors (Lipinski definition) is 1. The molecule has 4 nitrogen and oxygen atoms in total. The van der Waals surface area contributed by atoms with Crippen LogP contribution < -0.4 is 5.32 Å². The van der Waals surface area contributed by atoms with Crippen LogP contribution in [0.4, 0.5) is 0 Å². The summed E-state index contributed by atoms with van der Waals surface area (Å²) in [5, 5.41) is 4.35. The van der Waals surface area contributed by atoms with Gasteiger partial charge in [-0.1, -0.05) is 0 Å². The van der Waals surface area contributed by atoms with Crippen LogP contribution in [-0.2, 0) is 11.2 Å². The van der Waals surface area contributed by atoms with Crippen LogP contribution in [0.15, 0.2) is 6.20 Å². The Labute approximate surface area is 92.7 Å². The molecule has 82 valence electrons. The van der Waals surface area contributed by atoms with Gasteiger partial charge in [-0.15, -0.1) is 11.3 Å². The van der Waals surface area contributed by atoms with Gasteiger partial charge in [-0.2, -0.15) is 0 Å². The summed E-state index contributed by atoms with van der Waals surface area (Å²) < 4.78 is 4.64. The third-order valence-corrected chi connectivity index (χ3v) is 3.57. The molecule has 0 bridgehead atoms. The van der Waals surface area contributed by atoms with Gasteiger partial charge in [0.05, 0.1) is 18.3 Å². The van der Waals surface area contributed by atoms with Crippen molar-refractivity contribution in [2.75, 3.05) is 20.2 Å². The standard InChI is InChI=1S/C10H14N2O2S/c1-14-10(13)8-6-12-9(15-8)4-7-2-3-11-5-7/h6-7,11H,2-5H2,1H3/t7-/m1/s1. The highest BCUT2D eigenvalue weighted by atomic mass is 32.1. The van der Waals surface area contributed by atoms with E-state index in [4.69, 9.17) is 0 Å². The van der Waals surface area contributed by atoms with Crippen molar-refractivity contribution >= 4 is 17.3 Å². The SMILES string of the molecule is COC(=O)c1cnc(C[C@H]2CCNC2)s1. The number of aromatic nitrogens is 1. The number of nitrogens with one attached hydrogen (secondary N) is 1. The van der Waals surface area contributed by atoms with Crippen molar-refractivity contribution in [1.29, 1.82) is 0 Å². The van der Waals surface area contributed by atoms with Gasteiger partial charge < -0.3 is 10.1 Å². The molecule has 0 saturated carbocycles. The highest BCUT2D eigenvalue weighted by molar-refractivity contribution is 7.13. The van der Waals surface area contributed by atoms with Gasteiger partial charge in [-0.25, -0.2) is 9.78 Å². The van der Waals surface area contributed by atoms with Crippen LogP contribution in [-0.4, -0.2) is 31.2 Å². The lowest BCUT2D eigenvalue weighted by molar-refractivity contribution is 0.0606. The molecule has 0 unspecified atom stereocenters. The zero-order valence-electron chi connectivity index (χ0n) is 8.66. The molecular formula is C10H14N2O2S. The topological polar surface area (TPSA) is 51.2 Å². The van der Waals surface area contributed by atoms with E-state index in [0.29, 0.717) is 10.8 Å². The molecule has 1 fully saturated rings. The van der Waals surface area contributed by atoms with Gasteiger partial charge in [-0.05, 0) is 25.4 Å². The first-order valence-electron chi connectivity index (χ1n) is 5.03. The molecule has 0 amide bonds. The van der Waals surface area contributed by atoms with Crippen molar-refractivity contribution in [3.05, 3.63) is 16.1 Å². The maximum atomic E-state index is 11.2. The molecule has 0 aliphatic carbocycles. The van der Waals surface area contributed by atoms with E-state index in [9.17, 15) is 4.79 Å². The number of ether oxygens (including phenoxy) is 1. The Morgan fingerprint density at radius 3 is 3.33 bits per heavy atom. The maximum Gasteiger partial charge on any atom is 0.349 e. The Morgan fingerprint density at radius 1 is 1.80 bits per heavy atom. The molecule has 1 atom stereocenters. The first-order valence-corrected chi connectivity index (χ1v) is 5.85. The van der Waals surface area contributed by atoms with Gasteiger partial charge in [0.2, 0.25) is 0 Å². The molecule has 0 radical (unpaired) electrons. The number of nitrogens with zero attached hydrogens (tertiary/aromatic N) is 1. The van der Waals surface area contributed by atoms with E-state index in [2.05, 4.69) is 15.0 Å². The minimum absolute atomic E-state index is 0.289. The molecule has 1 aliphatic rings. The van der Waals surface area contributed by atoms with E-state index < -0.39 is 0 Å². The average molecular weight is 226 g/mol. The highest BCUT2D eigenvalue weighted by Gasteiger charge is 2.18. The Kier molecular flexibility index (Phi) is 3.33. The summed E-state index contributed by atoms with van der Waals surface area (Å²) in [6.45, 7) is 2.16. The van der Waals surface area contributed by atoms with Gasteiger partial charge in [0.25, 0.3) is 0 Å². The van der Waals surface area contributed by atoms with Crippen molar-refractivity contribution in [3.63, 3.8) is 0 Å². The highest BCUT2D eigenvalue weighted by Crippen LogP contribution is 2.20. The molecule has 1 aromatic heterocycles. The summed E-state index contributed by atoms with van der Waals surface area (Å²) in [5.41, 5.74) is 0. The number of esters is 1. The summed E-state index contributed by atoms with van der Waals surface area (Å²) in [5.74, 6) is 0.380. The molecular weight excluding hydrogens is 212 g/mol. The van der Waals surface area contributed by atoms with Crippen molar-refractivity contribution < 1.29 is 9.53 Å². The second kappa shape index (κ2) is 4.72. The summed E-state index contributed by atoms with van der Waals surface area (Å²) in [6, 6.07) is 0. The van der Waals surface area contributed by atoms with Gasteiger partial charge in [0.15, 0.2) is 0 Å². The minimum atomic E-state index is -0.289. The second-order valence-electron chi connectivity index (χ2n) is 3.67. The van der Waals surface area contributed by atoms with E-state index >= 15 is 0 Å². The predicted molar refractivity (Wildman–Crippen MR) is 58.1 cm³/mol. The number of methoxy groups -OCH3 is 1. The molecule has 1 saturated heterocycles. The van der Waals surface area contributed by atoms with E-state index in [1.807, 2.05) is 0 Å². The summed E-state index contributed by atoms with van der Waals surface area (Å²) >= 11 is 1.44. The minimum Gasteiger partial charge on any atom is -0.465 e. The van der Waals surface area contributed by atoms with E-state index in [-0.39, 0.29) is 5.97 Å².